The molecule has 22 heavy (non-hydrogen) atoms. The Morgan fingerprint density at radius 3 is 2.64 bits per heavy atom. The van der Waals surface area contributed by atoms with Crippen LogP contribution in [0.4, 0.5) is 0 Å². The maximum atomic E-state index is 12.7. The molecule has 1 aromatic rings. The van der Waals surface area contributed by atoms with Crippen molar-refractivity contribution in [3.8, 4) is 0 Å². The SMILES string of the molecule is NC1CCCN(C(=O)c2sccc2S(=O)(=O)N2CCCC2)C1. The Bertz CT molecular complexity index is 650. The number of nitrogens with two attached hydrogens (primary N) is 1. The van der Waals surface area contributed by atoms with Crippen molar-refractivity contribution in [1.82, 2.24) is 9.21 Å². The number of hydrogen-bond donors (Lipinski definition) is 1. The smallest absolute Gasteiger partial charge is 0.265 e. The molecule has 2 aliphatic heterocycles. The van der Waals surface area contributed by atoms with Gasteiger partial charge in [-0.25, -0.2) is 8.42 Å². The Balaban J connectivity index is 1.87. The minimum atomic E-state index is -3.56. The van der Waals surface area contributed by atoms with Crippen molar-refractivity contribution in [2.24, 2.45) is 5.73 Å². The topological polar surface area (TPSA) is 83.7 Å². The number of amides is 1. The average molecular weight is 343 g/mol. The molecule has 3 rings (SSSR count). The van der Waals surface area contributed by atoms with Crippen LogP contribution in [0.5, 0.6) is 0 Å². The van der Waals surface area contributed by atoms with Crippen LogP contribution in [0.2, 0.25) is 0 Å². The molecule has 0 aromatic carbocycles. The van der Waals surface area contributed by atoms with Gasteiger partial charge in [-0.15, -0.1) is 11.3 Å². The highest BCUT2D eigenvalue weighted by Gasteiger charge is 2.33. The van der Waals surface area contributed by atoms with Gasteiger partial charge < -0.3 is 10.6 Å². The fraction of sp³-hybridized carbons (Fsp3) is 0.643. The lowest BCUT2D eigenvalue weighted by molar-refractivity contribution is 0.0710. The van der Waals surface area contributed by atoms with Gasteiger partial charge in [-0.05, 0) is 37.1 Å². The molecule has 8 heteroatoms. The fourth-order valence-electron chi connectivity index (χ4n) is 3.06. The molecular weight excluding hydrogens is 322 g/mol. The maximum Gasteiger partial charge on any atom is 0.265 e. The van der Waals surface area contributed by atoms with Gasteiger partial charge in [-0.1, -0.05) is 0 Å². The predicted octanol–water partition coefficient (Wildman–Crippen LogP) is 1.10. The van der Waals surface area contributed by atoms with Crippen LogP contribution in [0.15, 0.2) is 16.3 Å². The van der Waals surface area contributed by atoms with Gasteiger partial charge in [0, 0.05) is 32.2 Å². The minimum absolute atomic E-state index is 0.0173. The van der Waals surface area contributed by atoms with E-state index in [4.69, 9.17) is 5.73 Å². The molecule has 2 saturated heterocycles. The fourth-order valence-corrected chi connectivity index (χ4v) is 5.94. The van der Waals surface area contributed by atoms with Gasteiger partial charge in [-0.2, -0.15) is 4.31 Å². The number of piperidine rings is 1. The highest BCUT2D eigenvalue weighted by Crippen LogP contribution is 2.29. The van der Waals surface area contributed by atoms with Gasteiger partial charge in [0.1, 0.15) is 9.77 Å². The van der Waals surface area contributed by atoms with Crippen molar-refractivity contribution in [2.75, 3.05) is 26.2 Å². The monoisotopic (exact) mass is 343 g/mol. The maximum absolute atomic E-state index is 12.7. The highest BCUT2D eigenvalue weighted by molar-refractivity contribution is 7.89. The zero-order chi connectivity index (χ0) is 15.7. The van der Waals surface area contributed by atoms with Crippen LogP contribution in [0.1, 0.15) is 35.4 Å². The minimum Gasteiger partial charge on any atom is -0.336 e. The van der Waals surface area contributed by atoms with E-state index in [0.29, 0.717) is 31.1 Å². The molecule has 1 atom stereocenters. The molecule has 0 radical (unpaired) electrons. The van der Waals surface area contributed by atoms with Gasteiger partial charge in [0.2, 0.25) is 10.0 Å². The second-order valence-electron chi connectivity index (χ2n) is 5.88. The third kappa shape index (κ3) is 2.92. The first kappa shape index (κ1) is 15.9. The first-order valence-electron chi connectivity index (χ1n) is 7.62. The third-order valence-electron chi connectivity index (χ3n) is 4.25. The lowest BCUT2D eigenvalue weighted by atomic mass is 10.1. The largest absolute Gasteiger partial charge is 0.336 e. The standard InChI is InChI=1S/C14H21N3O3S2/c15-11-4-3-6-16(10-11)14(18)13-12(5-9-21-13)22(19,20)17-7-1-2-8-17/h5,9,11H,1-4,6-8,10,15H2. The Labute approximate surface area is 134 Å². The predicted molar refractivity (Wildman–Crippen MR) is 85.4 cm³/mol. The number of likely N-dealkylation sites (tertiary alicyclic amines) is 1. The third-order valence-corrected chi connectivity index (χ3v) is 7.22. The van der Waals surface area contributed by atoms with Crippen molar-refractivity contribution < 1.29 is 13.2 Å². The van der Waals surface area contributed by atoms with Crippen molar-refractivity contribution in [3.63, 3.8) is 0 Å². The number of nitrogens with zero attached hydrogens (tertiary/aromatic N) is 2. The van der Waals surface area contributed by atoms with Crippen molar-refractivity contribution in [3.05, 3.63) is 16.3 Å². The molecule has 6 nitrogen and oxygen atoms in total. The second-order valence-corrected chi connectivity index (χ2v) is 8.70. The van der Waals surface area contributed by atoms with Gasteiger partial charge in [-0.3, -0.25) is 4.79 Å². The summed E-state index contributed by atoms with van der Waals surface area (Å²) in [7, 11) is -3.56. The number of sulfonamides is 1. The van der Waals surface area contributed by atoms with Gasteiger partial charge in [0.15, 0.2) is 0 Å². The van der Waals surface area contributed by atoms with E-state index in [1.165, 1.54) is 15.6 Å². The molecule has 0 bridgehead atoms. The quantitative estimate of drug-likeness (QED) is 0.891. The molecule has 0 saturated carbocycles. The molecule has 2 N–H and O–H groups in total. The van der Waals surface area contributed by atoms with Crippen molar-refractivity contribution >= 4 is 27.3 Å². The molecule has 122 valence electrons. The molecule has 0 aliphatic carbocycles. The van der Waals surface area contributed by atoms with Crippen LogP contribution in [-0.4, -0.2) is 55.8 Å². The summed E-state index contributed by atoms with van der Waals surface area (Å²) >= 11 is 1.20. The van der Waals surface area contributed by atoms with Crippen LogP contribution in [0.25, 0.3) is 0 Å². The Hall–Kier alpha value is -0.960. The summed E-state index contributed by atoms with van der Waals surface area (Å²) in [5, 5.41) is 1.68. The molecule has 1 aromatic heterocycles. The van der Waals surface area contributed by atoms with E-state index in [9.17, 15) is 13.2 Å². The molecular formula is C14H21N3O3S2. The normalized spacial score (nSPS) is 23.9. The van der Waals surface area contributed by atoms with Gasteiger partial charge >= 0.3 is 0 Å². The van der Waals surface area contributed by atoms with E-state index < -0.39 is 10.0 Å². The van der Waals surface area contributed by atoms with E-state index in [1.54, 1.807) is 16.3 Å². The van der Waals surface area contributed by atoms with Crippen LogP contribution < -0.4 is 5.73 Å². The summed E-state index contributed by atoms with van der Waals surface area (Å²) in [4.78, 5) is 14.8. The number of carbonyl (C=O) groups excluding carboxylic acids is 1. The Morgan fingerprint density at radius 1 is 1.23 bits per heavy atom. The zero-order valence-electron chi connectivity index (χ0n) is 12.4. The van der Waals surface area contributed by atoms with E-state index in [0.717, 1.165) is 25.7 Å². The summed E-state index contributed by atoms with van der Waals surface area (Å²) < 4.78 is 26.9. The zero-order valence-corrected chi connectivity index (χ0v) is 14.0. The number of thiophene rings is 1. The Kier molecular flexibility index (Phi) is 4.54. The molecule has 0 spiro atoms. The van der Waals surface area contributed by atoms with Gasteiger partial charge in [0.25, 0.3) is 5.91 Å². The molecule has 1 amide bonds. The van der Waals surface area contributed by atoms with E-state index in [-0.39, 0.29) is 16.8 Å². The van der Waals surface area contributed by atoms with Crippen LogP contribution >= 0.6 is 11.3 Å². The highest BCUT2D eigenvalue weighted by atomic mass is 32.2. The Morgan fingerprint density at radius 2 is 1.95 bits per heavy atom. The van der Waals surface area contributed by atoms with Crippen LogP contribution in [-0.2, 0) is 10.0 Å². The first-order valence-corrected chi connectivity index (χ1v) is 9.94. The van der Waals surface area contributed by atoms with Crippen LogP contribution in [0, 0.1) is 0 Å². The number of hydrogen-bond acceptors (Lipinski definition) is 5. The summed E-state index contributed by atoms with van der Waals surface area (Å²) in [6.07, 6.45) is 3.54. The average Bonchev–Trinajstić information content (AvgIpc) is 3.18. The summed E-state index contributed by atoms with van der Waals surface area (Å²) in [5.41, 5.74) is 5.92. The summed E-state index contributed by atoms with van der Waals surface area (Å²) in [6.45, 7) is 2.23. The summed E-state index contributed by atoms with van der Waals surface area (Å²) in [5.74, 6) is -0.206. The number of rotatable bonds is 3. The first-order chi connectivity index (χ1) is 10.5. The molecule has 3 heterocycles. The summed E-state index contributed by atoms with van der Waals surface area (Å²) in [6, 6.07) is 1.53. The van der Waals surface area contributed by atoms with Crippen LogP contribution in [0.3, 0.4) is 0 Å². The lowest BCUT2D eigenvalue weighted by Gasteiger charge is -2.30. The lowest BCUT2D eigenvalue weighted by Crippen LogP contribution is -2.45. The van der Waals surface area contributed by atoms with E-state index in [2.05, 4.69) is 0 Å². The van der Waals surface area contributed by atoms with E-state index >= 15 is 0 Å². The number of carbonyl (C=O) groups is 1. The molecule has 2 aliphatic rings. The van der Waals surface area contributed by atoms with Crippen molar-refractivity contribution in [1.29, 1.82) is 0 Å². The molecule has 1 unspecified atom stereocenters. The molecule has 2 fully saturated rings. The second kappa shape index (κ2) is 6.27. The van der Waals surface area contributed by atoms with Crippen molar-refractivity contribution in [2.45, 2.75) is 36.6 Å². The van der Waals surface area contributed by atoms with E-state index in [1.807, 2.05) is 0 Å². The van der Waals surface area contributed by atoms with Gasteiger partial charge in [0.05, 0.1) is 0 Å².